The van der Waals surface area contributed by atoms with Crippen LogP contribution in [0, 0.1) is 0 Å². The first-order valence-corrected chi connectivity index (χ1v) is 20.9. The highest BCUT2D eigenvalue weighted by atomic mass is 16.7. The molecular formula is C42H76O10. The zero-order valence-corrected chi connectivity index (χ0v) is 32.8. The highest BCUT2D eigenvalue weighted by Crippen LogP contribution is 2.22. The van der Waals surface area contributed by atoms with Gasteiger partial charge in [0.2, 0.25) is 0 Å². The molecule has 1 aliphatic heterocycles. The lowest BCUT2D eigenvalue weighted by atomic mass is 9.99. The van der Waals surface area contributed by atoms with Crippen LogP contribution in [0.25, 0.3) is 0 Å². The number of esters is 2. The number of hydrogen-bond donors (Lipinski definition) is 4. The normalized spacial score (nSPS) is 21.2. The highest BCUT2D eigenvalue weighted by Gasteiger charge is 2.44. The molecule has 6 atom stereocenters. The van der Waals surface area contributed by atoms with Gasteiger partial charge in [-0.25, -0.2) is 0 Å². The molecule has 0 radical (unpaired) electrons. The smallest absolute Gasteiger partial charge is 0.306 e. The van der Waals surface area contributed by atoms with Crippen molar-refractivity contribution in [2.75, 3.05) is 19.8 Å². The predicted octanol–water partition coefficient (Wildman–Crippen LogP) is 8.16. The van der Waals surface area contributed by atoms with Crippen molar-refractivity contribution in [3.05, 3.63) is 24.3 Å². The molecule has 1 heterocycles. The van der Waals surface area contributed by atoms with Crippen LogP contribution in [0.4, 0.5) is 0 Å². The van der Waals surface area contributed by atoms with E-state index in [9.17, 15) is 30.0 Å². The zero-order chi connectivity index (χ0) is 38.1. The van der Waals surface area contributed by atoms with Crippen LogP contribution in [0.5, 0.6) is 0 Å². The van der Waals surface area contributed by atoms with E-state index < -0.39 is 49.4 Å². The molecule has 0 aromatic rings. The summed E-state index contributed by atoms with van der Waals surface area (Å²) in [7, 11) is 0. The fourth-order valence-corrected chi connectivity index (χ4v) is 6.18. The van der Waals surface area contributed by atoms with E-state index in [0.29, 0.717) is 12.8 Å². The highest BCUT2D eigenvalue weighted by molar-refractivity contribution is 5.70. The molecule has 10 nitrogen and oxygen atoms in total. The lowest BCUT2D eigenvalue weighted by molar-refractivity contribution is -0.305. The van der Waals surface area contributed by atoms with Crippen LogP contribution >= 0.6 is 0 Å². The molecule has 304 valence electrons. The summed E-state index contributed by atoms with van der Waals surface area (Å²) in [5.74, 6) is -0.826. The number of ether oxygens (including phenoxy) is 4. The van der Waals surface area contributed by atoms with Crippen molar-refractivity contribution < 1.29 is 49.0 Å². The summed E-state index contributed by atoms with van der Waals surface area (Å²) in [6, 6.07) is 0. The number of unbranched alkanes of at least 4 members (excludes halogenated alkanes) is 19. The minimum atomic E-state index is -1.59. The second-order valence-electron chi connectivity index (χ2n) is 14.4. The quantitative estimate of drug-likeness (QED) is 0.0289. The first-order chi connectivity index (χ1) is 25.3. The Kier molecular flexibility index (Phi) is 31.3. The summed E-state index contributed by atoms with van der Waals surface area (Å²) in [6.45, 7) is 3.37. The van der Waals surface area contributed by atoms with Crippen LogP contribution in [0.3, 0.4) is 0 Å². The molecule has 1 fully saturated rings. The van der Waals surface area contributed by atoms with Crippen LogP contribution in [-0.4, -0.2) is 89.0 Å². The van der Waals surface area contributed by atoms with Crippen LogP contribution in [0.15, 0.2) is 24.3 Å². The Labute approximate surface area is 315 Å². The van der Waals surface area contributed by atoms with E-state index in [1.54, 1.807) is 0 Å². The van der Waals surface area contributed by atoms with Gasteiger partial charge in [-0.3, -0.25) is 9.59 Å². The molecule has 4 N–H and O–H groups in total. The van der Waals surface area contributed by atoms with Gasteiger partial charge in [0.25, 0.3) is 0 Å². The van der Waals surface area contributed by atoms with Crippen LogP contribution in [0.1, 0.15) is 174 Å². The molecule has 1 rings (SSSR count). The first kappa shape index (κ1) is 48.2. The standard InChI is InChI=1S/C42H76O10/c1-3-5-7-9-11-13-15-17-18-19-21-23-25-27-29-31-38(45)51-35(34-50-42-41(48)40(47)39(46)36(32-43)52-42)33-49-37(44)30-28-26-24-22-20-16-14-12-10-8-6-4-2/h12,14,17-18,35-36,39-43,46-48H,3-11,13,15-16,19-34H2,1-2H3/b14-12+,18-17+/t35-,36-,39+,40?,41?,42-/m1/s1. The minimum absolute atomic E-state index is 0.220. The molecule has 2 unspecified atom stereocenters. The number of hydrogen-bond acceptors (Lipinski definition) is 10. The monoisotopic (exact) mass is 741 g/mol. The summed E-state index contributed by atoms with van der Waals surface area (Å²) in [4.78, 5) is 25.2. The molecule has 0 aromatic heterocycles. The number of aliphatic hydroxyl groups excluding tert-OH is 4. The van der Waals surface area contributed by atoms with Crippen molar-refractivity contribution >= 4 is 11.9 Å². The van der Waals surface area contributed by atoms with Crippen molar-refractivity contribution in [1.29, 1.82) is 0 Å². The molecule has 1 saturated heterocycles. The Hall–Kier alpha value is -1.82. The number of aliphatic hydroxyl groups is 4. The lowest BCUT2D eigenvalue weighted by Gasteiger charge is -2.39. The van der Waals surface area contributed by atoms with Gasteiger partial charge in [-0.1, -0.05) is 122 Å². The van der Waals surface area contributed by atoms with Gasteiger partial charge in [-0.2, -0.15) is 0 Å². The van der Waals surface area contributed by atoms with Crippen molar-refractivity contribution in [2.45, 2.75) is 211 Å². The maximum absolute atomic E-state index is 12.7. The molecule has 0 aromatic carbocycles. The van der Waals surface area contributed by atoms with Crippen LogP contribution < -0.4 is 0 Å². The van der Waals surface area contributed by atoms with Gasteiger partial charge in [-0.15, -0.1) is 0 Å². The third kappa shape index (κ3) is 25.2. The second kappa shape index (κ2) is 33.7. The third-order valence-corrected chi connectivity index (χ3v) is 9.56. The average molecular weight is 741 g/mol. The van der Waals surface area contributed by atoms with E-state index in [1.807, 2.05) is 0 Å². The van der Waals surface area contributed by atoms with E-state index >= 15 is 0 Å². The molecule has 0 amide bonds. The number of carbonyl (C=O) groups is 2. The second-order valence-corrected chi connectivity index (χ2v) is 14.4. The SMILES string of the molecule is CCCCC/C=C/CCCCCCCC(=O)OC[C@H](CO[C@@H]1O[C@H](CO)[C@H](O)C(O)C1O)OC(=O)CCCCCCC/C=C/CCCCCCCC. The number of allylic oxidation sites excluding steroid dienone is 4. The van der Waals surface area contributed by atoms with Crippen molar-refractivity contribution in [3.63, 3.8) is 0 Å². The molecule has 0 saturated carbocycles. The van der Waals surface area contributed by atoms with Gasteiger partial charge in [0, 0.05) is 12.8 Å². The van der Waals surface area contributed by atoms with Gasteiger partial charge in [-0.05, 0) is 64.2 Å². The fourth-order valence-electron chi connectivity index (χ4n) is 6.18. The van der Waals surface area contributed by atoms with Gasteiger partial charge >= 0.3 is 11.9 Å². The van der Waals surface area contributed by atoms with Crippen molar-refractivity contribution in [3.8, 4) is 0 Å². The third-order valence-electron chi connectivity index (χ3n) is 9.56. The average Bonchev–Trinajstić information content (AvgIpc) is 3.14. The molecule has 10 heteroatoms. The molecule has 0 bridgehead atoms. The van der Waals surface area contributed by atoms with Gasteiger partial charge < -0.3 is 39.4 Å². The summed E-state index contributed by atoms with van der Waals surface area (Å²) in [6.07, 6.45) is 27.5. The van der Waals surface area contributed by atoms with E-state index in [2.05, 4.69) is 38.2 Å². The van der Waals surface area contributed by atoms with E-state index in [-0.39, 0.29) is 32.0 Å². The number of carbonyl (C=O) groups excluding carboxylic acids is 2. The summed E-state index contributed by atoms with van der Waals surface area (Å²) >= 11 is 0. The largest absolute Gasteiger partial charge is 0.462 e. The summed E-state index contributed by atoms with van der Waals surface area (Å²) in [5, 5.41) is 40.0. The molecule has 0 spiro atoms. The first-order valence-electron chi connectivity index (χ1n) is 20.9. The Morgan fingerprint density at radius 3 is 1.54 bits per heavy atom. The molecule has 0 aliphatic carbocycles. The minimum Gasteiger partial charge on any atom is -0.462 e. The molecule has 52 heavy (non-hydrogen) atoms. The molecule has 1 aliphatic rings. The Morgan fingerprint density at radius 1 is 0.577 bits per heavy atom. The Bertz CT molecular complexity index is 907. The van der Waals surface area contributed by atoms with E-state index in [0.717, 1.165) is 70.6 Å². The van der Waals surface area contributed by atoms with Gasteiger partial charge in [0.05, 0.1) is 13.2 Å². The van der Waals surface area contributed by atoms with E-state index in [1.165, 1.54) is 64.2 Å². The zero-order valence-electron chi connectivity index (χ0n) is 32.8. The maximum atomic E-state index is 12.7. The van der Waals surface area contributed by atoms with Crippen molar-refractivity contribution in [2.24, 2.45) is 0 Å². The van der Waals surface area contributed by atoms with Gasteiger partial charge in [0.1, 0.15) is 31.0 Å². The van der Waals surface area contributed by atoms with Crippen molar-refractivity contribution in [1.82, 2.24) is 0 Å². The fraction of sp³-hybridized carbons (Fsp3) is 0.857. The Balaban J connectivity index is 2.38. The lowest BCUT2D eigenvalue weighted by Crippen LogP contribution is -2.59. The van der Waals surface area contributed by atoms with Crippen LogP contribution in [0.2, 0.25) is 0 Å². The predicted molar refractivity (Wildman–Crippen MR) is 206 cm³/mol. The summed E-state index contributed by atoms with van der Waals surface area (Å²) < 4.78 is 22.1. The molecular weight excluding hydrogens is 664 g/mol. The Morgan fingerprint density at radius 2 is 1.02 bits per heavy atom. The topological polar surface area (TPSA) is 152 Å². The number of rotatable bonds is 34. The van der Waals surface area contributed by atoms with Crippen LogP contribution in [-0.2, 0) is 28.5 Å². The summed E-state index contributed by atoms with van der Waals surface area (Å²) in [5.41, 5.74) is 0. The van der Waals surface area contributed by atoms with E-state index in [4.69, 9.17) is 18.9 Å². The van der Waals surface area contributed by atoms with Gasteiger partial charge in [0.15, 0.2) is 12.4 Å². The maximum Gasteiger partial charge on any atom is 0.306 e.